The molecule has 4 rings (SSSR count). The average Bonchev–Trinajstić information content (AvgIpc) is 3.07. The molecular weight excluding hydrogens is 479 g/mol. The summed E-state index contributed by atoms with van der Waals surface area (Å²) in [6.45, 7) is -0.202. The molecule has 0 spiro atoms. The number of anilines is 1. The topological polar surface area (TPSA) is 75.7 Å². The molecule has 0 saturated carbocycles. The van der Waals surface area contributed by atoms with E-state index in [0.29, 0.717) is 27.6 Å². The molecule has 9 heteroatoms. The molecule has 6 nitrogen and oxygen atoms in total. The van der Waals surface area contributed by atoms with Gasteiger partial charge in [0, 0.05) is 0 Å². The van der Waals surface area contributed by atoms with E-state index in [2.05, 4.69) is 5.32 Å². The zero-order valence-corrected chi connectivity index (χ0v) is 19.2. The van der Waals surface area contributed by atoms with Crippen LogP contribution >= 0.6 is 23.4 Å². The first-order valence-corrected chi connectivity index (χ1v) is 11.4. The molecular formula is C25H18ClFN2O4S. The first-order valence-electron chi connectivity index (χ1n) is 10.2. The fourth-order valence-electron chi connectivity index (χ4n) is 3.14. The SMILES string of the molecule is O=C(CN1C(=O)S/C(=C/c2ccc(OCc3cccc(F)c3)cc2)C1=O)Nc1ccccc1Cl. The zero-order chi connectivity index (χ0) is 24.1. The number of imide groups is 1. The van der Waals surface area contributed by atoms with Crippen LogP contribution in [0.1, 0.15) is 11.1 Å². The van der Waals surface area contributed by atoms with Crippen molar-refractivity contribution >= 4 is 52.2 Å². The third kappa shape index (κ3) is 5.84. The van der Waals surface area contributed by atoms with Gasteiger partial charge in [0.05, 0.1) is 15.6 Å². The third-order valence-electron chi connectivity index (χ3n) is 4.80. The van der Waals surface area contributed by atoms with Gasteiger partial charge >= 0.3 is 0 Å². The maximum Gasteiger partial charge on any atom is 0.294 e. The number of thioether (sulfide) groups is 1. The monoisotopic (exact) mass is 496 g/mol. The lowest BCUT2D eigenvalue weighted by Gasteiger charge is -2.13. The highest BCUT2D eigenvalue weighted by Crippen LogP contribution is 2.32. The number of benzene rings is 3. The van der Waals surface area contributed by atoms with Crippen molar-refractivity contribution in [2.24, 2.45) is 0 Å². The quantitative estimate of drug-likeness (QED) is 0.422. The maximum atomic E-state index is 13.3. The second-order valence-electron chi connectivity index (χ2n) is 7.28. The summed E-state index contributed by atoms with van der Waals surface area (Å²) in [5.41, 5.74) is 1.79. The van der Waals surface area contributed by atoms with Crippen LogP contribution in [-0.2, 0) is 16.2 Å². The van der Waals surface area contributed by atoms with E-state index in [-0.39, 0.29) is 17.3 Å². The molecule has 1 N–H and O–H groups in total. The third-order valence-corrected chi connectivity index (χ3v) is 6.03. The van der Waals surface area contributed by atoms with Crippen molar-refractivity contribution in [3.63, 3.8) is 0 Å². The van der Waals surface area contributed by atoms with Crippen molar-refractivity contribution in [2.75, 3.05) is 11.9 Å². The minimum atomic E-state index is -0.546. The molecule has 3 aromatic rings. The van der Waals surface area contributed by atoms with E-state index in [1.54, 1.807) is 66.7 Å². The van der Waals surface area contributed by atoms with Crippen molar-refractivity contribution in [2.45, 2.75) is 6.61 Å². The van der Waals surface area contributed by atoms with Crippen LogP contribution in [0, 0.1) is 5.82 Å². The van der Waals surface area contributed by atoms with Crippen molar-refractivity contribution < 1.29 is 23.5 Å². The van der Waals surface area contributed by atoms with Gasteiger partial charge in [-0.25, -0.2) is 4.39 Å². The lowest BCUT2D eigenvalue weighted by molar-refractivity contribution is -0.127. The van der Waals surface area contributed by atoms with Gasteiger partial charge in [-0.05, 0) is 65.4 Å². The van der Waals surface area contributed by atoms with Gasteiger partial charge < -0.3 is 10.1 Å². The minimum Gasteiger partial charge on any atom is -0.489 e. The number of nitrogens with one attached hydrogen (secondary N) is 1. The average molecular weight is 497 g/mol. The fourth-order valence-corrected chi connectivity index (χ4v) is 4.16. The van der Waals surface area contributed by atoms with Gasteiger partial charge in [-0.3, -0.25) is 19.3 Å². The number of rotatable bonds is 7. The van der Waals surface area contributed by atoms with Crippen LogP contribution in [0.4, 0.5) is 14.9 Å². The molecule has 34 heavy (non-hydrogen) atoms. The predicted molar refractivity (Wildman–Crippen MR) is 130 cm³/mol. The van der Waals surface area contributed by atoms with E-state index in [1.807, 2.05) is 0 Å². The number of halogens is 2. The highest BCUT2D eigenvalue weighted by molar-refractivity contribution is 8.18. The molecule has 1 heterocycles. The maximum absolute atomic E-state index is 13.3. The first kappa shape index (κ1) is 23.5. The Morgan fingerprint density at radius 2 is 1.82 bits per heavy atom. The summed E-state index contributed by atoms with van der Waals surface area (Å²) in [6, 6.07) is 19.7. The molecule has 0 atom stereocenters. The summed E-state index contributed by atoms with van der Waals surface area (Å²) in [4.78, 5) is 38.4. The predicted octanol–water partition coefficient (Wildman–Crippen LogP) is 5.73. The van der Waals surface area contributed by atoms with Crippen LogP contribution in [0.15, 0.2) is 77.7 Å². The Bertz CT molecular complexity index is 1280. The Morgan fingerprint density at radius 3 is 2.56 bits per heavy atom. The molecule has 1 fully saturated rings. The Kier molecular flexibility index (Phi) is 7.30. The van der Waals surface area contributed by atoms with Crippen molar-refractivity contribution in [1.29, 1.82) is 0 Å². The first-order chi connectivity index (χ1) is 16.4. The largest absolute Gasteiger partial charge is 0.489 e. The second kappa shape index (κ2) is 10.5. The van der Waals surface area contributed by atoms with Gasteiger partial charge in [0.2, 0.25) is 5.91 Å². The van der Waals surface area contributed by atoms with E-state index in [0.717, 1.165) is 16.7 Å². The highest BCUT2D eigenvalue weighted by atomic mass is 35.5. The molecule has 0 radical (unpaired) electrons. The molecule has 1 saturated heterocycles. The molecule has 0 bridgehead atoms. The zero-order valence-electron chi connectivity index (χ0n) is 17.7. The van der Waals surface area contributed by atoms with E-state index in [9.17, 15) is 18.8 Å². The van der Waals surface area contributed by atoms with Gasteiger partial charge in [-0.2, -0.15) is 0 Å². The number of hydrogen-bond donors (Lipinski definition) is 1. The number of carbonyl (C=O) groups is 3. The standard InChI is InChI=1S/C25H18ClFN2O4S/c26-20-6-1-2-7-21(20)28-23(30)14-29-24(31)22(34-25(29)32)13-16-8-10-19(11-9-16)33-15-17-4-3-5-18(27)12-17/h1-13H,14-15H2,(H,28,30)/b22-13+. The van der Waals surface area contributed by atoms with Gasteiger partial charge in [0.15, 0.2) is 0 Å². The lowest BCUT2D eigenvalue weighted by atomic mass is 10.2. The summed E-state index contributed by atoms with van der Waals surface area (Å²) in [5, 5.41) is 2.42. The van der Waals surface area contributed by atoms with Crippen LogP contribution < -0.4 is 10.1 Å². The van der Waals surface area contributed by atoms with E-state index >= 15 is 0 Å². The van der Waals surface area contributed by atoms with Crippen LogP contribution in [0.3, 0.4) is 0 Å². The van der Waals surface area contributed by atoms with Gasteiger partial charge in [-0.15, -0.1) is 0 Å². The molecule has 0 aliphatic carbocycles. The lowest BCUT2D eigenvalue weighted by Crippen LogP contribution is -2.36. The Balaban J connectivity index is 1.36. The number of ether oxygens (including phenoxy) is 1. The highest BCUT2D eigenvalue weighted by Gasteiger charge is 2.36. The van der Waals surface area contributed by atoms with Gasteiger partial charge in [0.25, 0.3) is 11.1 Å². The van der Waals surface area contributed by atoms with Crippen LogP contribution in [0.2, 0.25) is 5.02 Å². The second-order valence-corrected chi connectivity index (χ2v) is 8.68. The van der Waals surface area contributed by atoms with E-state index in [4.69, 9.17) is 16.3 Å². The smallest absolute Gasteiger partial charge is 0.294 e. The number of para-hydroxylation sites is 1. The van der Waals surface area contributed by atoms with Crippen LogP contribution in [0.5, 0.6) is 5.75 Å². The summed E-state index contributed by atoms with van der Waals surface area (Å²) in [5.74, 6) is -0.829. The molecule has 3 amide bonds. The van der Waals surface area contributed by atoms with Crippen molar-refractivity contribution in [3.05, 3.63) is 99.7 Å². The van der Waals surface area contributed by atoms with Crippen molar-refractivity contribution in [3.8, 4) is 5.75 Å². The Labute approximate surface area is 204 Å². The molecule has 1 aliphatic rings. The summed E-state index contributed by atoms with van der Waals surface area (Å²) in [6.07, 6.45) is 1.58. The van der Waals surface area contributed by atoms with Crippen molar-refractivity contribution in [1.82, 2.24) is 4.90 Å². The molecule has 3 aromatic carbocycles. The molecule has 0 aromatic heterocycles. The number of nitrogens with zero attached hydrogens (tertiary/aromatic N) is 1. The van der Waals surface area contributed by atoms with Gasteiger partial charge in [0.1, 0.15) is 24.7 Å². The molecule has 0 unspecified atom stereocenters. The Hall–Kier alpha value is -3.62. The minimum absolute atomic E-state index is 0.212. The van der Waals surface area contributed by atoms with E-state index < -0.39 is 23.6 Å². The van der Waals surface area contributed by atoms with Crippen LogP contribution in [0.25, 0.3) is 6.08 Å². The van der Waals surface area contributed by atoms with Crippen LogP contribution in [-0.4, -0.2) is 28.5 Å². The molecule has 1 aliphatic heterocycles. The van der Waals surface area contributed by atoms with E-state index in [1.165, 1.54) is 12.1 Å². The number of amides is 3. The number of hydrogen-bond acceptors (Lipinski definition) is 5. The Morgan fingerprint density at radius 1 is 1.06 bits per heavy atom. The summed E-state index contributed by atoms with van der Waals surface area (Å²) in [7, 11) is 0. The summed E-state index contributed by atoms with van der Waals surface area (Å²) < 4.78 is 18.9. The van der Waals surface area contributed by atoms with Gasteiger partial charge in [-0.1, -0.05) is 48.0 Å². The normalized spacial score (nSPS) is 14.5. The molecule has 172 valence electrons. The number of carbonyl (C=O) groups excluding carboxylic acids is 3. The summed E-state index contributed by atoms with van der Waals surface area (Å²) >= 11 is 6.79. The fraction of sp³-hybridized carbons (Fsp3) is 0.0800.